The molecule has 37 heavy (non-hydrogen) atoms. The standard InChI is InChI=1S/C27H24BrN3O6/c1-3-36-25-13-20(12-21(15-29)27(32)30-16-18-7-9-23(35-2)10-8-18)24(28)14-26(25)37-17-19-5-4-6-22(11-19)31(33)34/h4-14H,3,16-17H2,1-2H3,(H,30,32)/b21-12-. The third kappa shape index (κ3) is 7.56. The highest BCUT2D eigenvalue weighted by molar-refractivity contribution is 9.10. The molecule has 0 bridgehead atoms. The van der Waals surface area contributed by atoms with E-state index in [0.717, 1.165) is 5.56 Å². The summed E-state index contributed by atoms with van der Waals surface area (Å²) in [6.45, 7) is 2.50. The van der Waals surface area contributed by atoms with Crippen LogP contribution in [0.3, 0.4) is 0 Å². The SMILES string of the molecule is CCOc1cc(/C=C(/C#N)C(=O)NCc2ccc(OC)cc2)c(Br)cc1OCc1cccc([N+](=O)[O-])c1. The second-order valence-corrected chi connectivity index (χ2v) is 8.52. The number of nitro groups is 1. The predicted octanol–water partition coefficient (Wildman–Crippen LogP) is 5.57. The first-order valence-corrected chi connectivity index (χ1v) is 12.0. The van der Waals surface area contributed by atoms with E-state index in [0.29, 0.717) is 39.5 Å². The summed E-state index contributed by atoms with van der Waals surface area (Å²) in [6, 6.07) is 18.7. The minimum absolute atomic E-state index is 0.0258. The number of carbonyl (C=O) groups is 1. The summed E-state index contributed by atoms with van der Waals surface area (Å²) in [5.74, 6) is 0.993. The van der Waals surface area contributed by atoms with Crippen molar-refractivity contribution in [2.45, 2.75) is 20.1 Å². The van der Waals surface area contributed by atoms with Crippen LogP contribution < -0.4 is 19.5 Å². The Hall–Kier alpha value is -4.36. The molecule has 1 amide bonds. The number of carbonyl (C=O) groups excluding carboxylic acids is 1. The first-order chi connectivity index (χ1) is 17.8. The van der Waals surface area contributed by atoms with Gasteiger partial charge in [0, 0.05) is 23.2 Å². The minimum Gasteiger partial charge on any atom is -0.497 e. The maximum absolute atomic E-state index is 12.7. The Morgan fingerprint density at radius 2 is 1.84 bits per heavy atom. The van der Waals surface area contributed by atoms with Gasteiger partial charge in [0.2, 0.25) is 0 Å². The van der Waals surface area contributed by atoms with Crippen molar-refractivity contribution in [3.05, 3.63) is 97.5 Å². The van der Waals surface area contributed by atoms with Crippen LogP contribution in [0, 0.1) is 21.4 Å². The Labute approximate surface area is 222 Å². The number of hydrogen-bond donors (Lipinski definition) is 1. The zero-order valence-corrected chi connectivity index (χ0v) is 21.8. The molecule has 0 fully saturated rings. The van der Waals surface area contributed by atoms with E-state index >= 15 is 0 Å². The average molecular weight is 566 g/mol. The molecule has 3 rings (SSSR count). The third-order valence-electron chi connectivity index (χ3n) is 5.16. The number of rotatable bonds is 11. The molecule has 0 spiro atoms. The van der Waals surface area contributed by atoms with E-state index in [9.17, 15) is 20.2 Å². The van der Waals surface area contributed by atoms with Crippen molar-refractivity contribution < 1.29 is 23.9 Å². The summed E-state index contributed by atoms with van der Waals surface area (Å²) in [5, 5.41) is 23.4. The van der Waals surface area contributed by atoms with Gasteiger partial charge < -0.3 is 19.5 Å². The number of nitro benzene ring substituents is 1. The molecule has 0 aromatic heterocycles. The molecule has 0 atom stereocenters. The summed E-state index contributed by atoms with van der Waals surface area (Å²) in [4.78, 5) is 23.2. The fraction of sp³-hybridized carbons (Fsp3) is 0.185. The zero-order valence-electron chi connectivity index (χ0n) is 20.2. The predicted molar refractivity (Wildman–Crippen MR) is 141 cm³/mol. The summed E-state index contributed by atoms with van der Waals surface area (Å²) in [5.41, 5.74) is 1.92. The highest BCUT2D eigenvalue weighted by atomic mass is 79.9. The van der Waals surface area contributed by atoms with Crippen LogP contribution in [-0.4, -0.2) is 24.5 Å². The molecule has 0 aliphatic heterocycles. The molecule has 0 heterocycles. The normalized spacial score (nSPS) is 10.8. The summed E-state index contributed by atoms with van der Waals surface area (Å²) < 4.78 is 17.3. The lowest BCUT2D eigenvalue weighted by atomic mass is 10.1. The van der Waals surface area contributed by atoms with Crippen molar-refractivity contribution in [1.29, 1.82) is 5.26 Å². The average Bonchev–Trinajstić information content (AvgIpc) is 2.91. The fourth-order valence-electron chi connectivity index (χ4n) is 3.29. The minimum atomic E-state index is -0.519. The molecular weight excluding hydrogens is 542 g/mol. The number of halogens is 1. The van der Waals surface area contributed by atoms with Gasteiger partial charge in [-0.1, -0.05) is 40.2 Å². The third-order valence-corrected chi connectivity index (χ3v) is 5.84. The van der Waals surface area contributed by atoms with E-state index in [-0.39, 0.29) is 24.4 Å². The number of methoxy groups -OCH3 is 1. The molecule has 10 heteroatoms. The second kappa shape index (κ2) is 13.1. The van der Waals surface area contributed by atoms with E-state index in [1.165, 1.54) is 18.2 Å². The molecule has 0 saturated heterocycles. The van der Waals surface area contributed by atoms with Gasteiger partial charge in [-0.2, -0.15) is 5.26 Å². The van der Waals surface area contributed by atoms with Gasteiger partial charge in [0.1, 0.15) is 24.0 Å². The van der Waals surface area contributed by atoms with Crippen LogP contribution in [-0.2, 0) is 17.9 Å². The molecule has 3 aromatic rings. The smallest absolute Gasteiger partial charge is 0.269 e. The highest BCUT2D eigenvalue weighted by Crippen LogP contribution is 2.35. The van der Waals surface area contributed by atoms with Gasteiger partial charge in [0.15, 0.2) is 11.5 Å². The van der Waals surface area contributed by atoms with Crippen molar-refractivity contribution in [3.8, 4) is 23.3 Å². The quantitative estimate of drug-likeness (QED) is 0.139. The topological polar surface area (TPSA) is 124 Å². The van der Waals surface area contributed by atoms with Crippen LogP contribution in [0.25, 0.3) is 6.08 Å². The van der Waals surface area contributed by atoms with Crippen LogP contribution in [0.5, 0.6) is 17.2 Å². The molecule has 0 radical (unpaired) electrons. The maximum Gasteiger partial charge on any atom is 0.269 e. The Balaban J connectivity index is 1.77. The van der Waals surface area contributed by atoms with Crippen molar-refractivity contribution in [1.82, 2.24) is 5.32 Å². The van der Waals surface area contributed by atoms with Crippen molar-refractivity contribution in [2.75, 3.05) is 13.7 Å². The van der Waals surface area contributed by atoms with Gasteiger partial charge in [0.25, 0.3) is 11.6 Å². The van der Waals surface area contributed by atoms with Crippen LogP contribution >= 0.6 is 15.9 Å². The summed E-state index contributed by atoms with van der Waals surface area (Å²) in [6.07, 6.45) is 1.46. The number of hydrogen-bond acceptors (Lipinski definition) is 7. The molecule has 0 saturated carbocycles. The molecule has 190 valence electrons. The van der Waals surface area contributed by atoms with Gasteiger partial charge in [0.05, 0.1) is 18.6 Å². The van der Waals surface area contributed by atoms with E-state index in [1.807, 2.05) is 25.1 Å². The lowest BCUT2D eigenvalue weighted by molar-refractivity contribution is -0.384. The van der Waals surface area contributed by atoms with E-state index in [1.54, 1.807) is 43.5 Å². The number of benzene rings is 3. The second-order valence-electron chi connectivity index (χ2n) is 7.67. The Morgan fingerprint density at radius 1 is 1.11 bits per heavy atom. The number of amides is 1. The highest BCUT2D eigenvalue weighted by Gasteiger charge is 2.15. The lowest BCUT2D eigenvalue weighted by Gasteiger charge is -2.14. The van der Waals surface area contributed by atoms with Gasteiger partial charge in [-0.15, -0.1) is 0 Å². The van der Waals surface area contributed by atoms with Gasteiger partial charge in [-0.3, -0.25) is 14.9 Å². The van der Waals surface area contributed by atoms with Crippen LogP contribution in [0.1, 0.15) is 23.6 Å². The molecule has 0 aliphatic carbocycles. The van der Waals surface area contributed by atoms with E-state index < -0.39 is 10.8 Å². The number of nitrogens with zero attached hydrogens (tertiary/aromatic N) is 2. The molecule has 9 nitrogen and oxygen atoms in total. The van der Waals surface area contributed by atoms with E-state index in [4.69, 9.17) is 14.2 Å². The van der Waals surface area contributed by atoms with Crippen LogP contribution in [0.2, 0.25) is 0 Å². The van der Waals surface area contributed by atoms with Gasteiger partial charge in [-0.05, 0) is 54.0 Å². The maximum atomic E-state index is 12.7. The Bertz CT molecular complexity index is 1350. The van der Waals surface area contributed by atoms with Crippen LogP contribution in [0.4, 0.5) is 5.69 Å². The summed E-state index contributed by atoms with van der Waals surface area (Å²) >= 11 is 3.46. The monoisotopic (exact) mass is 565 g/mol. The number of non-ortho nitro benzene ring substituents is 1. The molecule has 1 N–H and O–H groups in total. The van der Waals surface area contributed by atoms with Crippen molar-refractivity contribution in [3.63, 3.8) is 0 Å². The molecule has 3 aromatic carbocycles. The fourth-order valence-corrected chi connectivity index (χ4v) is 3.73. The molecule has 0 aliphatic rings. The van der Waals surface area contributed by atoms with E-state index in [2.05, 4.69) is 21.2 Å². The molecule has 0 unspecified atom stereocenters. The molecular formula is C27H24BrN3O6. The van der Waals surface area contributed by atoms with Crippen molar-refractivity contribution >= 4 is 33.6 Å². The van der Waals surface area contributed by atoms with Crippen LogP contribution in [0.15, 0.2) is 70.7 Å². The number of nitrogens with one attached hydrogen (secondary N) is 1. The number of nitriles is 1. The zero-order chi connectivity index (χ0) is 26.8. The first-order valence-electron chi connectivity index (χ1n) is 11.2. The largest absolute Gasteiger partial charge is 0.497 e. The first kappa shape index (κ1) is 27.2. The number of ether oxygens (including phenoxy) is 3. The van der Waals surface area contributed by atoms with Crippen molar-refractivity contribution in [2.24, 2.45) is 0 Å². The summed E-state index contributed by atoms with van der Waals surface area (Å²) in [7, 11) is 1.58. The Kier molecular flexibility index (Phi) is 9.63. The van der Waals surface area contributed by atoms with Gasteiger partial charge in [-0.25, -0.2) is 0 Å². The Morgan fingerprint density at radius 3 is 2.49 bits per heavy atom. The van der Waals surface area contributed by atoms with Gasteiger partial charge >= 0.3 is 0 Å². The lowest BCUT2D eigenvalue weighted by Crippen LogP contribution is -2.23.